The molecule has 1 amide bonds. The summed E-state index contributed by atoms with van der Waals surface area (Å²) in [6.45, 7) is 2.60. The molecule has 6 heteroatoms. The van der Waals surface area contributed by atoms with E-state index < -0.39 is 0 Å². The third-order valence-corrected chi connectivity index (χ3v) is 5.33. The molecule has 1 N–H and O–H groups in total. The molecule has 0 spiro atoms. The first kappa shape index (κ1) is 18.9. The molecular weight excluding hydrogens is 362 g/mol. The van der Waals surface area contributed by atoms with E-state index in [1.54, 1.807) is 6.33 Å². The zero-order chi connectivity index (χ0) is 20.1. The molecule has 0 bridgehead atoms. The number of benzene rings is 2. The molecule has 1 aliphatic heterocycles. The van der Waals surface area contributed by atoms with Crippen molar-refractivity contribution in [3.05, 3.63) is 89.5 Å². The summed E-state index contributed by atoms with van der Waals surface area (Å²) in [6.07, 6.45) is 4.44. The Morgan fingerprint density at radius 1 is 1.14 bits per heavy atom. The van der Waals surface area contributed by atoms with Crippen molar-refractivity contribution >= 4 is 5.91 Å². The van der Waals surface area contributed by atoms with Crippen molar-refractivity contribution in [2.75, 3.05) is 6.54 Å². The first-order valence-corrected chi connectivity index (χ1v) is 9.77. The van der Waals surface area contributed by atoms with Crippen molar-refractivity contribution in [2.24, 2.45) is 0 Å². The van der Waals surface area contributed by atoms with E-state index in [4.69, 9.17) is 0 Å². The first-order chi connectivity index (χ1) is 14.2. The van der Waals surface area contributed by atoms with Gasteiger partial charge in [0.15, 0.2) is 0 Å². The maximum absolute atomic E-state index is 12.4. The van der Waals surface area contributed by atoms with Crippen LogP contribution in [0.1, 0.15) is 28.8 Å². The number of imidazole rings is 1. The Kier molecular flexibility index (Phi) is 5.68. The zero-order valence-electron chi connectivity index (χ0n) is 16.2. The molecule has 146 valence electrons. The molecule has 1 atom stereocenters. The Hall–Kier alpha value is -3.43. The van der Waals surface area contributed by atoms with Crippen LogP contribution in [0.3, 0.4) is 0 Å². The molecule has 1 fully saturated rings. The quantitative estimate of drug-likeness (QED) is 0.679. The number of nitrogens with one attached hydrogen (secondary N) is 1. The summed E-state index contributed by atoms with van der Waals surface area (Å²) >= 11 is 0. The molecule has 2 heterocycles. The average Bonchev–Trinajstić information content (AvgIpc) is 3.37. The normalized spacial score (nSPS) is 16.0. The molecule has 0 saturated carbocycles. The Morgan fingerprint density at radius 2 is 1.93 bits per heavy atom. The molecule has 6 nitrogen and oxygen atoms in total. The molecule has 4 rings (SSSR count). The topological polar surface area (TPSA) is 74.0 Å². The second-order valence-corrected chi connectivity index (χ2v) is 7.27. The van der Waals surface area contributed by atoms with Crippen LogP contribution in [0.15, 0.2) is 67.1 Å². The predicted molar refractivity (Wildman–Crippen MR) is 110 cm³/mol. The minimum Gasteiger partial charge on any atom is -0.355 e. The fourth-order valence-electron chi connectivity index (χ4n) is 3.80. The highest BCUT2D eigenvalue weighted by molar-refractivity contribution is 5.83. The third kappa shape index (κ3) is 4.36. The molecule has 1 aromatic heterocycles. The van der Waals surface area contributed by atoms with Gasteiger partial charge < -0.3 is 9.88 Å². The smallest absolute Gasteiger partial charge is 0.237 e. The van der Waals surface area contributed by atoms with Gasteiger partial charge >= 0.3 is 0 Å². The van der Waals surface area contributed by atoms with Gasteiger partial charge in [0.1, 0.15) is 0 Å². The fraction of sp³-hybridized carbons (Fsp3) is 0.261. The highest BCUT2D eigenvalue weighted by Gasteiger charge is 2.30. The monoisotopic (exact) mass is 385 g/mol. The summed E-state index contributed by atoms with van der Waals surface area (Å²) < 4.78 is 2.06. The number of carbonyl (C=O) groups is 1. The van der Waals surface area contributed by atoms with Gasteiger partial charge in [-0.15, -0.1) is 0 Å². The van der Waals surface area contributed by atoms with E-state index in [-0.39, 0.29) is 11.9 Å². The van der Waals surface area contributed by atoms with E-state index in [0.717, 1.165) is 17.7 Å². The summed E-state index contributed by atoms with van der Waals surface area (Å²) in [7, 11) is 0. The van der Waals surface area contributed by atoms with Gasteiger partial charge in [0.05, 0.1) is 36.2 Å². The van der Waals surface area contributed by atoms with Crippen molar-refractivity contribution in [2.45, 2.75) is 32.1 Å². The number of hydrogen-bond donors (Lipinski definition) is 1. The molecule has 1 aliphatic rings. The summed E-state index contributed by atoms with van der Waals surface area (Å²) in [5, 5.41) is 12.3. The molecule has 1 saturated heterocycles. The van der Waals surface area contributed by atoms with Crippen LogP contribution < -0.4 is 5.32 Å². The van der Waals surface area contributed by atoms with Gasteiger partial charge in [-0.05, 0) is 23.6 Å². The molecule has 3 aromatic rings. The Morgan fingerprint density at radius 3 is 2.69 bits per heavy atom. The molecule has 1 unspecified atom stereocenters. The molecule has 2 aromatic carbocycles. The molecule has 29 heavy (non-hydrogen) atoms. The Bertz CT molecular complexity index is 1020. The number of nitrogens with zero attached hydrogens (tertiary/aromatic N) is 4. The van der Waals surface area contributed by atoms with Crippen LogP contribution in [0.5, 0.6) is 0 Å². The number of nitriles is 1. The number of aromatic nitrogens is 2. The Labute approximate surface area is 170 Å². The number of hydrogen-bond acceptors (Lipinski definition) is 4. The fourth-order valence-corrected chi connectivity index (χ4v) is 3.80. The lowest BCUT2D eigenvalue weighted by Crippen LogP contribution is -2.40. The predicted octanol–water partition coefficient (Wildman–Crippen LogP) is 2.69. The van der Waals surface area contributed by atoms with E-state index >= 15 is 0 Å². The first-order valence-electron chi connectivity index (χ1n) is 9.77. The average molecular weight is 385 g/mol. The lowest BCUT2D eigenvalue weighted by Gasteiger charge is -2.27. The Balaban J connectivity index is 1.57. The molecule has 0 aliphatic carbocycles. The largest absolute Gasteiger partial charge is 0.355 e. The minimum absolute atomic E-state index is 0.0850. The van der Waals surface area contributed by atoms with Gasteiger partial charge in [-0.1, -0.05) is 48.5 Å². The van der Waals surface area contributed by atoms with Crippen LogP contribution in [0.25, 0.3) is 0 Å². The highest BCUT2D eigenvalue weighted by Crippen LogP contribution is 2.19. The lowest BCUT2D eigenvalue weighted by molar-refractivity contribution is -0.124. The minimum atomic E-state index is -0.148. The summed E-state index contributed by atoms with van der Waals surface area (Å²) in [5.74, 6) is 0.0850. The lowest BCUT2D eigenvalue weighted by atomic mass is 10.1. The van der Waals surface area contributed by atoms with Crippen molar-refractivity contribution in [3.8, 4) is 6.07 Å². The van der Waals surface area contributed by atoms with Gasteiger partial charge in [-0.3, -0.25) is 9.69 Å². The van der Waals surface area contributed by atoms with Crippen molar-refractivity contribution in [3.63, 3.8) is 0 Å². The second-order valence-electron chi connectivity index (χ2n) is 7.27. The van der Waals surface area contributed by atoms with E-state index in [2.05, 4.69) is 38.0 Å². The summed E-state index contributed by atoms with van der Waals surface area (Å²) in [6, 6.07) is 19.9. The number of carbonyl (C=O) groups excluding carboxylic acids is 1. The maximum atomic E-state index is 12.4. The van der Waals surface area contributed by atoms with Gasteiger partial charge in [0, 0.05) is 25.8 Å². The van der Waals surface area contributed by atoms with Crippen LogP contribution >= 0.6 is 0 Å². The van der Waals surface area contributed by atoms with E-state index in [1.165, 1.54) is 5.56 Å². The second kappa shape index (κ2) is 8.72. The summed E-state index contributed by atoms with van der Waals surface area (Å²) in [5.41, 5.74) is 3.83. The van der Waals surface area contributed by atoms with Gasteiger partial charge in [0.2, 0.25) is 5.91 Å². The standard InChI is InChI=1S/C23H23N5O/c24-12-19-8-4-5-9-20(19)15-28-17-25-13-21(28)16-27(22-10-11-26-23(22)29)14-18-6-2-1-3-7-18/h1-9,13,17,22H,10-11,14-16H2,(H,26,29). The summed E-state index contributed by atoms with van der Waals surface area (Å²) in [4.78, 5) is 18.9. The van der Waals surface area contributed by atoms with Crippen LogP contribution in [0.2, 0.25) is 0 Å². The van der Waals surface area contributed by atoms with Crippen LogP contribution in [0.4, 0.5) is 0 Å². The van der Waals surface area contributed by atoms with E-state index in [0.29, 0.717) is 31.7 Å². The van der Waals surface area contributed by atoms with Crippen LogP contribution in [-0.2, 0) is 24.4 Å². The SMILES string of the molecule is N#Cc1ccccc1Cn1cncc1CN(Cc1ccccc1)C1CCNC1=O. The van der Waals surface area contributed by atoms with E-state index in [9.17, 15) is 10.1 Å². The highest BCUT2D eigenvalue weighted by atomic mass is 16.2. The van der Waals surface area contributed by atoms with Gasteiger partial charge in [-0.25, -0.2) is 4.98 Å². The maximum Gasteiger partial charge on any atom is 0.237 e. The molecule has 0 radical (unpaired) electrons. The van der Waals surface area contributed by atoms with Crippen molar-refractivity contribution in [1.82, 2.24) is 19.8 Å². The third-order valence-electron chi connectivity index (χ3n) is 5.33. The van der Waals surface area contributed by atoms with Crippen LogP contribution in [0, 0.1) is 11.3 Å². The molecular formula is C23H23N5O. The van der Waals surface area contributed by atoms with Gasteiger partial charge in [-0.2, -0.15) is 5.26 Å². The van der Waals surface area contributed by atoms with E-state index in [1.807, 2.05) is 48.7 Å². The van der Waals surface area contributed by atoms with Crippen LogP contribution in [-0.4, -0.2) is 32.9 Å². The van der Waals surface area contributed by atoms with Crippen molar-refractivity contribution < 1.29 is 4.79 Å². The number of rotatable bonds is 7. The number of amides is 1. The van der Waals surface area contributed by atoms with Gasteiger partial charge in [0.25, 0.3) is 0 Å². The zero-order valence-corrected chi connectivity index (χ0v) is 16.2. The van der Waals surface area contributed by atoms with Crippen molar-refractivity contribution in [1.29, 1.82) is 5.26 Å².